The highest BCUT2D eigenvalue weighted by Gasteiger charge is 2.18. The van der Waals surface area contributed by atoms with Crippen molar-refractivity contribution in [2.75, 3.05) is 24.9 Å². The first kappa shape index (κ1) is 21.2. The summed E-state index contributed by atoms with van der Waals surface area (Å²) in [6.07, 6.45) is 4.69. The Bertz CT molecular complexity index is 998. The lowest BCUT2D eigenvalue weighted by molar-refractivity contribution is -0.117. The Balaban J connectivity index is 1.49. The molecule has 3 amide bonds. The van der Waals surface area contributed by atoms with Crippen LogP contribution in [0.5, 0.6) is 11.5 Å². The van der Waals surface area contributed by atoms with Gasteiger partial charge in [0.25, 0.3) is 5.91 Å². The van der Waals surface area contributed by atoms with Crippen molar-refractivity contribution in [2.45, 2.75) is 12.8 Å². The van der Waals surface area contributed by atoms with Gasteiger partial charge >= 0.3 is 0 Å². The molecule has 3 rings (SSSR count). The topological polar surface area (TPSA) is 119 Å². The molecular weight excluding hydrogens is 408 g/mol. The number of carbonyl (C=O) groups excluding carboxylic acids is 3. The van der Waals surface area contributed by atoms with Crippen molar-refractivity contribution in [2.24, 2.45) is 10.9 Å². The molecule has 156 valence electrons. The van der Waals surface area contributed by atoms with Crippen LogP contribution in [0.3, 0.4) is 0 Å². The number of carbonyl (C=O) groups is 3. The van der Waals surface area contributed by atoms with Crippen LogP contribution in [0.1, 0.15) is 12.1 Å². The molecule has 1 aliphatic heterocycles. The highest BCUT2D eigenvalue weighted by molar-refractivity contribution is 7.13. The fraction of sp³-hybridized carbons (Fsp3) is 0.250. The van der Waals surface area contributed by atoms with Crippen molar-refractivity contribution >= 4 is 46.1 Å². The molecule has 0 spiro atoms. The van der Waals surface area contributed by atoms with Crippen LogP contribution in [-0.2, 0) is 20.8 Å². The number of ether oxygens (including phenoxy) is 2. The van der Waals surface area contributed by atoms with Crippen LogP contribution in [0, 0.1) is 5.92 Å². The second kappa shape index (κ2) is 9.79. The predicted molar refractivity (Wildman–Crippen MR) is 113 cm³/mol. The van der Waals surface area contributed by atoms with E-state index < -0.39 is 5.92 Å². The summed E-state index contributed by atoms with van der Waals surface area (Å²) in [6.45, 7) is 0. The summed E-state index contributed by atoms with van der Waals surface area (Å²) in [6, 6.07) is 5.13. The maximum Gasteiger partial charge on any atom is 0.269 e. The smallest absolute Gasteiger partial charge is 0.269 e. The van der Waals surface area contributed by atoms with E-state index in [0.29, 0.717) is 34.4 Å². The molecule has 1 atom stereocenters. The molecule has 1 aromatic carbocycles. The minimum Gasteiger partial charge on any atom is -0.493 e. The Hall–Kier alpha value is -3.53. The van der Waals surface area contributed by atoms with Crippen molar-refractivity contribution in [3.05, 3.63) is 41.4 Å². The number of benzene rings is 1. The maximum atomic E-state index is 12.2. The molecule has 0 bridgehead atoms. The number of rotatable bonds is 8. The molecule has 30 heavy (non-hydrogen) atoms. The first-order valence-corrected chi connectivity index (χ1v) is 9.90. The van der Waals surface area contributed by atoms with Crippen LogP contribution in [-0.4, -0.2) is 43.1 Å². The van der Waals surface area contributed by atoms with Crippen LogP contribution in [0.4, 0.5) is 10.8 Å². The van der Waals surface area contributed by atoms with Gasteiger partial charge in [-0.3, -0.25) is 14.4 Å². The summed E-state index contributed by atoms with van der Waals surface area (Å²) in [4.78, 5) is 43.3. The van der Waals surface area contributed by atoms with Gasteiger partial charge in [0, 0.05) is 35.8 Å². The highest BCUT2D eigenvalue weighted by atomic mass is 32.1. The number of thiazole rings is 1. The summed E-state index contributed by atoms with van der Waals surface area (Å²) >= 11 is 1.27. The van der Waals surface area contributed by atoms with E-state index in [1.54, 1.807) is 30.7 Å². The third-order valence-electron chi connectivity index (χ3n) is 4.17. The number of aromatic nitrogens is 1. The monoisotopic (exact) mass is 428 g/mol. The number of aliphatic imine (C=N–C) groups is 1. The van der Waals surface area contributed by atoms with Gasteiger partial charge in [0.2, 0.25) is 11.8 Å². The van der Waals surface area contributed by atoms with E-state index in [1.807, 2.05) is 0 Å². The summed E-state index contributed by atoms with van der Waals surface area (Å²) in [5.41, 5.74) is 1.30. The molecule has 0 fully saturated rings. The number of amides is 3. The second-order valence-electron chi connectivity index (χ2n) is 6.25. The van der Waals surface area contributed by atoms with Gasteiger partial charge in [-0.05, 0) is 18.6 Å². The van der Waals surface area contributed by atoms with Gasteiger partial charge in [0.15, 0.2) is 16.6 Å². The molecule has 0 saturated heterocycles. The molecule has 1 unspecified atom stereocenters. The number of anilines is 2. The Morgan fingerprint density at radius 3 is 2.67 bits per heavy atom. The van der Waals surface area contributed by atoms with Crippen molar-refractivity contribution in [3.63, 3.8) is 0 Å². The molecule has 2 aromatic rings. The highest BCUT2D eigenvalue weighted by Crippen LogP contribution is 2.29. The molecule has 2 heterocycles. The molecule has 0 saturated carbocycles. The van der Waals surface area contributed by atoms with Gasteiger partial charge in [0.1, 0.15) is 0 Å². The number of dihydropyridines is 1. The summed E-state index contributed by atoms with van der Waals surface area (Å²) in [5, 5.41) is 7.70. The zero-order chi connectivity index (χ0) is 21.5. The minimum absolute atomic E-state index is 0.172. The maximum absolute atomic E-state index is 12.2. The van der Waals surface area contributed by atoms with E-state index in [-0.39, 0.29) is 24.1 Å². The normalized spacial score (nSPS) is 15.0. The largest absolute Gasteiger partial charge is 0.493 e. The number of nitrogens with zero attached hydrogens (tertiary/aromatic N) is 2. The predicted octanol–water partition coefficient (Wildman–Crippen LogP) is 2.45. The number of methoxy groups -OCH3 is 2. The summed E-state index contributed by atoms with van der Waals surface area (Å²) in [5.74, 6) is -0.389. The van der Waals surface area contributed by atoms with E-state index in [9.17, 15) is 14.4 Å². The molecule has 10 heteroatoms. The zero-order valence-electron chi connectivity index (χ0n) is 16.4. The number of hydrogen-bond acceptors (Lipinski definition) is 7. The molecular formula is C20H20N4O5S. The van der Waals surface area contributed by atoms with Crippen LogP contribution in [0.25, 0.3) is 0 Å². The van der Waals surface area contributed by atoms with E-state index in [4.69, 9.17) is 9.47 Å². The molecule has 9 nitrogen and oxygen atoms in total. The summed E-state index contributed by atoms with van der Waals surface area (Å²) < 4.78 is 10.4. The first-order chi connectivity index (χ1) is 14.5. The Kier molecular flexibility index (Phi) is 6.91. The van der Waals surface area contributed by atoms with Crippen LogP contribution < -0.4 is 20.1 Å². The Labute approximate surface area is 176 Å². The SMILES string of the molecule is COc1ccc(NC(=O)CCc2csc(NC(=O)C3C=CC(=O)N=C3)n2)cc1OC. The van der Waals surface area contributed by atoms with E-state index in [1.165, 1.54) is 36.8 Å². The minimum atomic E-state index is -0.609. The van der Waals surface area contributed by atoms with Gasteiger partial charge in [-0.15, -0.1) is 11.3 Å². The van der Waals surface area contributed by atoms with E-state index in [0.717, 1.165) is 0 Å². The standard InChI is InChI=1S/C20H20N4O5S/c1-28-15-6-4-13(9-16(15)29-2)22-18(26)8-5-14-11-30-20(23-14)24-19(27)12-3-7-17(25)21-10-12/h3-4,6-7,9-12H,5,8H2,1-2H3,(H,22,26)(H,23,24,27). The number of hydrogen-bond donors (Lipinski definition) is 2. The Morgan fingerprint density at radius 2 is 1.97 bits per heavy atom. The van der Waals surface area contributed by atoms with Gasteiger partial charge in [-0.2, -0.15) is 0 Å². The fourth-order valence-electron chi connectivity index (χ4n) is 2.63. The van der Waals surface area contributed by atoms with Crippen molar-refractivity contribution < 1.29 is 23.9 Å². The number of aryl methyl sites for hydroxylation is 1. The lowest BCUT2D eigenvalue weighted by atomic mass is 10.1. The van der Waals surface area contributed by atoms with Crippen LogP contribution in [0.2, 0.25) is 0 Å². The zero-order valence-corrected chi connectivity index (χ0v) is 17.2. The third-order valence-corrected chi connectivity index (χ3v) is 4.98. The Morgan fingerprint density at radius 1 is 1.17 bits per heavy atom. The van der Waals surface area contributed by atoms with E-state index >= 15 is 0 Å². The van der Waals surface area contributed by atoms with Crippen molar-refractivity contribution in [1.29, 1.82) is 0 Å². The third kappa shape index (κ3) is 5.51. The van der Waals surface area contributed by atoms with Crippen LogP contribution in [0.15, 0.2) is 40.7 Å². The molecule has 1 aliphatic rings. The molecule has 1 aromatic heterocycles. The fourth-order valence-corrected chi connectivity index (χ4v) is 3.38. The lowest BCUT2D eigenvalue weighted by Crippen LogP contribution is -2.24. The molecule has 2 N–H and O–H groups in total. The average molecular weight is 428 g/mol. The van der Waals surface area contributed by atoms with Crippen molar-refractivity contribution in [3.8, 4) is 11.5 Å². The average Bonchev–Trinajstić information content (AvgIpc) is 3.20. The van der Waals surface area contributed by atoms with E-state index in [2.05, 4.69) is 20.6 Å². The number of nitrogens with one attached hydrogen (secondary N) is 2. The van der Waals surface area contributed by atoms with Gasteiger partial charge in [0.05, 0.1) is 25.8 Å². The quantitative estimate of drug-likeness (QED) is 0.667. The van der Waals surface area contributed by atoms with Crippen LogP contribution >= 0.6 is 11.3 Å². The molecule has 0 radical (unpaired) electrons. The van der Waals surface area contributed by atoms with Crippen molar-refractivity contribution in [1.82, 2.24) is 4.98 Å². The summed E-state index contributed by atoms with van der Waals surface area (Å²) in [7, 11) is 3.07. The first-order valence-electron chi connectivity index (χ1n) is 9.02. The van der Waals surface area contributed by atoms with Gasteiger partial charge in [-0.1, -0.05) is 6.08 Å². The lowest BCUT2D eigenvalue weighted by Gasteiger charge is -2.10. The van der Waals surface area contributed by atoms with Gasteiger partial charge < -0.3 is 20.1 Å². The molecule has 0 aliphatic carbocycles. The van der Waals surface area contributed by atoms with Gasteiger partial charge in [-0.25, -0.2) is 9.98 Å². The second-order valence-corrected chi connectivity index (χ2v) is 7.11.